The Morgan fingerprint density at radius 1 is 1.18 bits per heavy atom. The highest BCUT2D eigenvalue weighted by Gasteiger charge is 2.32. The Morgan fingerprint density at radius 3 is 2.47 bits per heavy atom. The molecule has 1 saturated heterocycles. The van der Waals surface area contributed by atoms with Gasteiger partial charge in [-0.25, -0.2) is 0 Å². The van der Waals surface area contributed by atoms with Crippen LogP contribution in [0.1, 0.15) is 45.4 Å². The van der Waals surface area contributed by atoms with Crippen molar-refractivity contribution in [1.29, 1.82) is 0 Å². The summed E-state index contributed by atoms with van der Waals surface area (Å²) in [7, 11) is 0. The molecule has 2 nitrogen and oxygen atoms in total. The topological polar surface area (TPSA) is 12.5 Å². The maximum Gasteiger partial charge on any atom is 0.0603 e. The normalized spacial score (nSPS) is 31.4. The largest absolute Gasteiger partial charge is 0.375 e. The first-order valence-electron chi connectivity index (χ1n) is 7.18. The van der Waals surface area contributed by atoms with E-state index in [0.717, 1.165) is 5.92 Å². The van der Waals surface area contributed by atoms with Crippen molar-refractivity contribution in [1.82, 2.24) is 4.90 Å². The van der Waals surface area contributed by atoms with Crippen LogP contribution in [0.15, 0.2) is 0 Å². The van der Waals surface area contributed by atoms with Gasteiger partial charge in [0, 0.05) is 19.0 Å². The van der Waals surface area contributed by atoms with E-state index in [1.165, 1.54) is 57.5 Å². The summed E-state index contributed by atoms with van der Waals surface area (Å²) in [6.07, 6.45) is 11.2. The molecular formula is C14H27NOS. The van der Waals surface area contributed by atoms with E-state index in [0.29, 0.717) is 12.2 Å². The van der Waals surface area contributed by atoms with Gasteiger partial charge in [-0.2, -0.15) is 0 Å². The molecule has 0 spiro atoms. The van der Waals surface area contributed by atoms with Crippen molar-refractivity contribution in [2.45, 2.75) is 57.7 Å². The minimum Gasteiger partial charge on any atom is -0.375 e. The lowest BCUT2D eigenvalue weighted by Gasteiger charge is -2.40. The number of hydrogen-bond acceptors (Lipinski definition) is 3. The molecule has 0 amide bonds. The fraction of sp³-hybridized carbons (Fsp3) is 1.00. The SMILES string of the molecule is CCC[C@H]1C[C@H](OC2CCN(CSC)CC2)C1. The van der Waals surface area contributed by atoms with Crippen molar-refractivity contribution < 1.29 is 4.74 Å². The van der Waals surface area contributed by atoms with Crippen molar-refractivity contribution in [2.75, 3.05) is 25.2 Å². The Balaban J connectivity index is 1.57. The molecule has 3 heteroatoms. The molecule has 0 radical (unpaired) electrons. The average molecular weight is 257 g/mol. The zero-order valence-electron chi connectivity index (χ0n) is 11.4. The molecule has 1 heterocycles. The molecule has 0 aromatic rings. The van der Waals surface area contributed by atoms with E-state index < -0.39 is 0 Å². The van der Waals surface area contributed by atoms with E-state index in [1.54, 1.807) is 0 Å². The first kappa shape index (κ1) is 13.7. The number of rotatable bonds is 6. The van der Waals surface area contributed by atoms with Crippen LogP contribution in [0.5, 0.6) is 0 Å². The second kappa shape index (κ2) is 7.01. The molecule has 2 rings (SSSR count). The van der Waals surface area contributed by atoms with Crippen molar-refractivity contribution >= 4 is 11.8 Å². The van der Waals surface area contributed by atoms with Gasteiger partial charge >= 0.3 is 0 Å². The lowest BCUT2D eigenvalue weighted by molar-refractivity contribution is -0.0936. The fourth-order valence-electron chi connectivity index (χ4n) is 3.06. The van der Waals surface area contributed by atoms with E-state index in [9.17, 15) is 0 Å². The first-order chi connectivity index (χ1) is 8.31. The molecule has 0 bridgehead atoms. The quantitative estimate of drug-likeness (QED) is 0.724. The van der Waals surface area contributed by atoms with Crippen molar-refractivity contribution in [3.05, 3.63) is 0 Å². The van der Waals surface area contributed by atoms with E-state index in [1.807, 2.05) is 11.8 Å². The summed E-state index contributed by atoms with van der Waals surface area (Å²) < 4.78 is 6.20. The number of ether oxygens (including phenoxy) is 1. The molecule has 2 aliphatic rings. The second-order valence-electron chi connectivity index (χ2n) is 5.62. The minimum atomic E-state index is 0.556. The van der Waals surface area contributed by atoms with E-state index in [2.05, 4.69) is 18.1 Å². The maximum absolute atomic E-state index is 6.20. The minimum absolute atomic E-state index is 0.556. The summed E-state index contributed by atoms with van der Waals surface area (Å²) >= 11 is 1.93. The number of likely N-dealkylation sites (tertiary alicyclic amines) is 1. The third-order valence-electron chi connectivity index (χ3n) is 4.12. The van der Waals surface area contributed by atoms with Gasteiger partial charge in [0.05, 0.1) is 12.2 Å². The van der Waals surface area contributed by atoms with Gasteiger partial charge in [0.1, 0.15) is 0 Å². The third-order valence-corrected chi connectivity index (χ3v) is 4.74. The zero-order valence-corrected chi connectivity index (χ0v) is 12.2. The Bertz CT molecular complexity index is 210. The molecule has 1 aliphatic heterocycles. The highest BCUT2D eigenvalue weighted by molar-refractivity contribution is 7.98. The number of thioether (sulfide) groups is 1. The lowest BCUT2D eigenvalue weighted by Crippen LogP contribution is -2.41. The van der Waals surface area contributed by atoms with Gasteiger partial charge in [-0.05, 0) is 37.9 Å². The highest BCUT2D eigenvalue weighted by atomic mass is 32.2. The predicted octanol–water partition coefficient (Wildman–Crippen LogP) is 3.37. The predicted molar refractivity (Wildman–Crippen MR) is 75.5 cm³/mol. The Kier molecular flexibility index (Phi) is 5.64. The summed E-state index contributed by atoms with van der Waals surface area (Å²) in [6, 6.07) is 0. The van der Waals surface area contributed by atoms with E-state index in [-0.39, 0.29) is 0 Å². The fourth-order valence-corrected chi connectivity index (χ4v) is 3.68. The van der Waals surface area contributed by atoms with Crippen LogP contribution in [-0.2, 0) is 4.74 Å². The number of nitrogens with zero attached hydrogens (tertiary/aromatic N) is 1. The first-order valence-corrected chi connectivity index (χ1v) is 8.58. The zero-order chi connectivity index (χ0) is 12.1. The standard InChI is InChI=1S/C14H27NOS/c1-3-4-12-9-14(10-12)16-13-5-7-15(8-6-13)11-17-2/h12-14H,3-11H2,1-2H3/t12-,14-. The molecule has 1 aliphatic carbocycles. The van der Waals surface area contributed by atoms with Gasteiger partial charge in [0.25, 0.3) is 0 Å². The van der Waals surface area contributed by atoms with E-state index in [4.69, 9.17) is 4.74 Å². The van der Waals surface area contributed by atoms with Crippen LogP contribution in [0, 0.1) is 5.92 Å². The van der Waals surface area contributed by atoms with Crippen LogP contribution in [0.2, 0.25) is 0 Å². The molecule has 1 saturated carbocycles. The maximum atomic E-state index is 6.20. The summed E-state index contributed by atoms with van der Waals surface area (Å²) in [5.41, 5.74) is 0. The molecular weight excluding hydrogens is 230 g/mol. The molecule has 0 atom stereocenters. The summed E-state index contributed by atoms with van der Waals surface area (Å²) in [5.74, 6) is 2.16. The molecule has 0 N–H and O–H groups in total. The summed E-state index contributed by atoms with van der Waals surface area (Å²) in [6.45, 7) is 4.75. The van der Waals surface area contributed by atoms with Gasteiger partial charge in [-0.15, -0.1) is 11.8 Å². The monoisotopic (exact) mass is 257 g/mol. The Morgan fingerprint density at radius 2 is 1.88 bits per heavy atom. The number of piperidine rings is 1. The Hall–Kier alpha value is 0.270. The van der Waals surface area contributed by atoms with Crippen LogP contribution >= 0.6 is 11.8 Å². The number of hydrogen-bond donors (Lipinski definition) is 0. The van der Waals surface area contributed by atoms with Crippen LogP contribution in [0.25, 0.3) is 0 Å². The van der Waals surface area contributed by atoms with Gasteiger partial charge in [0.2, 0.25) is 0 Å². The molecule has 17 heavy (non-hydrogen) atoms. The Labute approximate surface area is 110 Å². The molecule has 100 valence electrons. The summed E-state index contributed by atoms with van der Waals surface area (Å²) in [4.78, 5) is 2.55. The van der Waals surface area contributed by atoms with Crippen molar-refractivity contribution in [3.63, 3.8) is 0 Å². The van der Waals surface area contributed by atoms with Crippen LogP contribution in [0.4, 0.5) is 0 Å². The lowest BCUT2D eigenvalue weighted by atomic mass is 9.79. The van der Waals surface area contributed by atoms with E-state index >= 15 is 0 Å². The van der Waals surface area contributed by atoms with Gasteiger partial charge in [0.15, 0.2) is 0 Å². The summed E-state index contributed by atoms with van der Waals surface area (Å²) in [5, 5.41) is 0. The second-order valence-corrected chi connectivity index (χ2v) is 6.45. The highest BCUT2D eigenvalue weighted by Crippen LogP contribution is 2.35. The van der Waals surface area contributed by atoms with Crippen molar-refractivity contribution in [3.8, 4) is 0 Å². The molecule has 0 aromatic heterocycles. The smallest absolute Gasteiger partial charge is 0.0603 e. The van der Waals surface area contributed by atoms with Crippen LogP contribution < -0.4 is 0 Å². The van der Waals surface area contributed by atoms with Crippen LogP contribution in [-0.4, -0.2) is 42.3 Å². The average Bonchev–Trinajstić information content (AvgIpc) is 2.29. The third kappa shape index (κ3) is 4.15. The van der Waals surface area contributed by atoms with Gasteiger partial charge < -0.3 is 4.74 Å². The van der Waals surface area contributed by atoms with Gasteiger partial charge in [-0.1, -0.05) is 19.8 Å². The van der Waals surface area contributed by atoms with Crippen molar-refractivity contribution in [2.24, 2.45) is 5.92 Å². The molecule has 0 unspecified atom stereocenters. The molecule has 0 aromatic carbocycles. The molecule has 2 fully saturated rings. The van der Waals surface area contributed by atoms with Gasteiger partial charge in [-0.3, -0.25) is 4.90 Å². The van der Waals surface area contributed by atoms with Crippen LogP contribution in [0.3, 0.4) is 0 Å².